The number of hydrogen-bond donors (Lipinski definition) is 2. The molecule has 1 aromatic carbocycles. The molecule has 22 heavy (non-hydrogen) atoms. The van der Waals surface area contributed by atoms with Crippen LogP contribution in [0, 0.1) is 6.92 Å². The summed E-state index contributed by atoms with van der Waals surface area (Å²) in [5.74, 6) is 0.616. The van der Waals surface area contributed by atoms with Gasteiger partial charge in [0.15, 0.2) is 5.96 Å². The first-order valence-corrected chi connectivity index (χ1v) is 7.22. The number of unbranched alkanes of at least 4 members (excludes halogenated alkanes) is 1. The van der Waals surface area contributed by atoms with E-state index in [4.69, 9.17) is 0 Å². The van der Waals surface area contributed by atoms with Gasteiger partial charge in [0.2, 0.25) is 0 Å². The maximum Gasteiger partial charge on any atom is 0.305 e. The molecule has 0 amide bonds. The number of halogens is 1. The zero-order valence-electron chi connectivity index (χ0n) is 13.5. The fourth-order valence-electron chi connectivity index (χ4n) is 1.82. The van der Waals surface area contributed by atoms with Crippen molar-refractivity contribution in [3.63, 3.8) is 0 Å². The molecule has 1 rings (SSSR count). The Hall–Kier alpha value is -1.31. The third-order valence-corrected chi connectivity index (χ3v) is 3.13. The summed E-state index contributed by atoms with van der Waals surface area (Å²) < 4.78 is 4.60. The highest BCUT2D eigenvalue weighted by Crippen LogP contribution is 2.02. The van der Waals surface area contributed by atoms with Gasteiger partial charge in [-0.25, -0.2) is 0 Å². The Morgan fingerprint density at radius 1 is 1.18 bits per heavy atom. The van der Waals surface area contributed by atoms with Crippen molar-refractivity contribution < 1.29 is 9.53 Å². The molecule has 124 valence electrons. The van der Waals surface area contributed by atoms with E-state index in [9.17, 15) is 4.79 Å². The second-order valence-electron chi connectivity index (χ2n) is 4.87. The number of nitrogens with one attached hydrogen (secondary N) is 2. The topological polar surface area (TPSA) is 62.7 Å². The van der Waals surface area contributed by atoms with E-state index in [1.54, 1.807) is 7.05 Å². The molecular formula is C16H26IN3O2. The number of aliphatic imine (C=N–C) groups is 1. The Morgan fingerprint density at radius 2 is 1.86 bits per heavy atom. The lowest BCUT2D eigenvalue weighted by atomic mass is 10.1. The van der Waals surface area contributed by atoms with E-state index >= 15 is 0 Å². The Morgan fingerprint density at radius 3 is 2.45 bits per heavy atom. The Kier molecular flexibility index (Phi) is 11.5. The normalized spacial score (nSPS) is 10.6. The molecular weight excluding hydrogens is 393 g/mol. The van der Waals surface area contributed by atoms with Crippen molar-refractivity contribution in [2.45, 2.75) is 32.7 Å². The van der Waals surface area contributed by atoms with Crippen LogP contribution < -0.4 is 10.6 Å². The molecule has 1 aromatic rings. The highest BCUT2D eigenvalue weighted by Gasteiger charge is 2.01. The zero-order chi connectivity index (χ0) is 15.5. The van der Waals surface area contributed by atoms with Crippen molar-refractivity contribution in [2.75, 3.05) is 20.7 Å². The largest absolute Gasteiger partial charge is 0.469 e. The number of methoxy groups -OCH3 is 1. The maximum absolute atomic E-state index is 11.0. The standard InChI is InChI=1S/C16H25N3O2.HI/c1-13-7-9-14(10-8-13)12-19-16(17-2)18-11-5-4-6-15(20)21-3;/h7-10H,4-6,11-12H2,1-3H3,(H2,17,18,19);1H. The molecule has 0 aliphatic rings. The lowest BCUT2D eigenvalue weighted by Crippen LogP contribution is -2.37. The molecule has 0 atom stereocenters. The Bertz CT molecular complexity index is 461. The first kappa shape index (κ1) is 20.7. The Labute approximate surface area is 149 Å². The van der Waals surface area contributed by atoms with Gasteiger partial charge >= 0.3 is 5.97 Å². The molecule has 0 fully saturated rings. The second kappa shape index (κ2) is 12.3. The molecule has 0 bridgehead atoms. The summed E-state index contributed by atoms with van der Waals surface area (Å²) in [5.41, 5.74) is 2.47. The van der Waals surface area contributed by atoms with Crippen LogP contribution in [0.5, 0.6) is 0 Å². The Balaban J connectivity index is 0.00000441. The molecule has 0 aliphatic heterocycles. The van der Waals surface area contributed by atoms with E-state index in [0.717, 1.165) is 31.9 Å². The van der Waals surface area contributed by atoms with Crippen molar-refractivity contribution in [2.24, 2.45) is 4.99 Å². The van der Waals surface area contributed by atoms with Gasteiger partial charge in [-0.15, -0.1) is 24.0 Å². The molecule has 6 heteroatoms. The third-order valence-electron chi connectivity index (χ3n) is 3.13. The number of carbonyl (C=O) groups is 1. The minimum absolute atomic E-state index is 0. The van der Waals surface area contributed by atoms with E-state index in [-0.39, 0.29) is 29.9 Å². The minimum Gasteiger partial charge on any atom is -0.469 e. The van der Waals surface area contributed by atoms with Crippen molar-refractivity contribution in [3.8, 4) is 0 Å². The number of nitrogens with zero attached hydrogens (tertiary/aromatic N) is 1. The molecule has 0 unspecified atom stereocenters. The zero-order valence-corrected chi connectivity index (χ0v) is 15.8. The van der Waals surface area contributed by atoms with Crippen LogP contribution in [-0.2, 0) is 16.1 Å². The van der Waals surface area contributed by atoms with Crippen LogP contribution >= 0.6 is 24.0 Å². The van der Waals surface area contributed by atoms with Gasteiger partial charge in [-0.2, -0.15) is 0 Å². The molecule has 0 spiro atoms. The van der Waals surface area contributed by atoms with Gasteiger partial charge in [0.05, 0.1) is 7.11 Å². The summed E-state index contributed by atoms with van der Waals surface area (Å²) in [6.07, 6.45) is 2.18. The molecule has 5 nitrogen and oxygen atoms in total. The van der Waals surface area contributed by atoms with Crippen LogP contribution in [0.25, 0.3) is 0 Å². The van der Waals surface area contributed by atoms with E-state index < -0.39 is 0 Å². The van der Waals surface area contributed by atoms with Gasteiger partial charge in [0.1, 0.15) is 0 Å². The first-order chi connectivity index (χ1) is 10.2. The van der Waals surface area contributed by atoms with Crippen LogP contribution in [0.1, 0.15) is 30.4 Å². The second-order valence-corrected chi connectivity index (χ2v) is 4.87. The van der Waals surface area contributed by atoms with Crippen LogP contribution in [0.3, 0.4) is 0 Å². The predicted octanol–water partition coefficient (Wildman–Crippen LogP) is 2.62. The summed E-state index contributed by atoms with van der Waals surface area (Å²) in [5, 5.41) is 6.49. The van der Waals surface area contributed by atoms with Crippen molar-refractivity contribution >= 4 is 35.9 Å². The van der Waals surface area contributed by atoms with E-state index in [2.05, 4.69) is 51.6 Å². The molecule has 2 N–H and O–H groups in total. The summed E-state index contributed by atoms with van der Waals surface area (Å²) in [6.45, 7) is 3.60. The predicted molar refractivity (Wildman–Crippen MR) is 101 cm³/mol. The number of guanidine groups is 1. The summed E-state index contributed by atoms with van der Waals surface area (Å²) in [4.78, 5) is 15.1. The SMILES string of the molecule is CN=C(NCCCCC(=O)OC)NCc1ccc(C)cc1.I. The summed E-state index contributed by atoms with van der Waals surface area (Å²) >= 11 is 0. The minimum atomic E-state index is -0.156. The number of hydrogen-bond acceptors (Lipinski definition) is 3. The summed E-state index contributed by atoms with van der Waals surface area (Å²) in [6, 6.07) is 8.40. The first-order valence-electron chi connectivity index (χ1n) is 7.22. The molecule has 0 aliphatic carbocycles. The fraction of sp³-hybridized carbons (Fsp3) is 0.500. The monoisotopic (exact) mass is 419 g/mol. The van der Waals surface area contributed by atoms with E-state index in [1.807, 2.05) is 0 Å². The third kappa shape index (κ3) is 8.86. The van der Waals surface area contributed by atoms with E-state index in [1.165, 1.54) is 18.2 Å². The highest BCUT2D eigenvalue weighted by atomic mass is 127. The van der Waals surface area contributed by atoms with Gasteiger partial charge in [-0.3, -0.25) is 9.79 Å². The number of aryl methyl sites for hydroxylation is 1. The van der Waals surface area contributed by atoms with Gasteiger partial charge in [-0.1, -0.05) is 29.8 Å². The van der Waals surface area contributed by atoms with Gasteiger partial charge < -0.3 is 15.4 Å². The number of benzene rings is 1. The van der Waals surface area contributed by atoms with Crippen LogP contribution in [0.2, 0.25) is 0 Å². The number of esters is 1. The van der Waals surface area contributed by atoms with Crippen LogP contribution in [0.15, 0.2) is 29.3 Å². The van der Waals surface area contributed by atoms with Gasteiger partial charge in [0, 0.05) is 26.6 Å². The number of carbonyl (C=O) groups excluding carboxylic acids is 1. The molecule has 0 saturated carbocycles. The highest BCUT2D eigenvalue weighted by molar-refractivity contribution is 14.0. The van der Waals surface area contributed by atoms with Crippen LogP contribution in [-0.4, -0.2) is 32.6 Å². The smallest absolute Gasteiger partial charge is 0.305 e. The van der Waals surface area contributed by atoms with Crippen LogP contribution in [0.4, 0.5) is 0 Å². The molecule has 0 radical (unpaired) electrons. The molecule has 0 heterocycles. The summed E-state index contributed by atoms with van der Waals surface area (Å²) in [7, 11) is 3.16. The van der Waals surface area contributed by atoms with Crippen molar-refractivity contribution in [1.29, 1.82) is 0 Å². The average Bonchev–Trinajstić information content (AvgIpc) is 2.51. The molecule has 0 saturated heterocycles. The quantitative estimate of drug-likeness (QED) is 0.235. The maximum atomic E-state index is 11.0. The van der Waals surface area contributed by atoms with Gasteiger partial charge in [0.25, 0.3) is 0 Å². The number of rotatable bonds is 7. The lowest BCUT2D eigenvalue weighted by molar-refractivity contribution is -0.140. The van der Waals surface area contributed by atoms with Crippen molar-refractivity contribution in [1.82, 2.24) is 10.6 Å². The lowest BCUT2D eigenvalue weighted by Gasteiger charge is -2.12. The average molecular weight is 419 g/mol. The van der Waals surface area contributed by atoms with Crippen molar-refractivity contribution in [3.05, 3.63) is 35.4 Å². The fourth-order valence-corrected chi connectivity index (χ4v) is 1.82. The molecule has 0 aromatic heterocycles. The number of ether oxygens (including phenoxy) is 1. The van der Waals surface area contributed by atoms with Gasteiger partial charge in [-0.05, 0) is 25.3 Å². The van der Waals surface area contributed by atoms with E-state index in [0.29, 0.717) is 6.42 Å².